The van der Waals surface area contributed by atoms with Gasteiger partial charge in [0.05, 0.1) is 33.0 Å². The number of benzene rings is 5. The molecule has 0 amide bonds. The van der Waals surface area contributed by atoms with Crippen LogP contribution in [0.1, 0.15) is 291 Å². The summed E-state index contributed by atoms with van der Waals surface area (Å²) in [7, 11) is 0. The third-order valence-corrected chi connectivity index (χ3v) is 30.1. The lowest BCUT2D eigenvalue weighted by molar-refractivity contribution is -0.0401. The number of halogens is 5. The average molecular weight is 1550 g/mol. The monoisotopic (exact) mass is 1550 g/mol. The number of thiol groups is 5. The minimum atomic E-state index is 0. The fourth-order valence-corrected chi connectivity index (χ4v) is 22.0. The molecule has 0 unspecified atom stereocenters. The summed E-state index contributed by atoms with van der Waals surface area (Å²) >= 11 is 21.6. The van der Waals surface area contributed by atoms with Crippen molar-refractivity contribution in [3.63, 3.8) is 0 Å². The molecule has 10 bridgehead atoms. The van der Waals surface area contributed by atoms with E-state index in [0.29, 0.717) is 54.1 Å². The van der Waals surface area contributed by atoms with E-state index < -0.39 is 0 Å². The molecule has 15 aliphatic carbocycles. The third kappa shape index (κ3) is 24.0. The van der Waals surface area contributed by atoms with Gasteiger partial charge in [-0.2, -0.15) is 0 Å². The first kappa shape index (κ1) is 90.4. The van der Waals surface area contributed by atoms with Crippen LogP contribution in [0.25, 0.3) is 0 Å². The van der Waals surface area contributed by atoms with Crippen LogP contribution in [-0.4, -0.2) is 33.0 Å². The van der Waals surface area contributed by atoms with Gasteiger partial charge in [0.1, 0.15) is 28.7 Å². The van der Waals surface area contributed by atoms with Crippen molar-refractivity contribution in [1.29, 1.82) is 0 Å². The summed E-state index contributed by atoms with van der Waals surface area (Å²) in [6.07, 6.45) is 56.0. The van der Waals surface area contributed by atoms with E-state index in [2.05, 4.69) is 97.8 Å². The van der Waals surface area contributed by atoms with Gasteiger partial charge in [-0.25, -0.2) is 0 Å². The highest BCUT2D eigenvalue weighted by atomic mass is 32.1. The molecular weight excluding hydrogens is 1420 g/mol. The van der Waals surface area contributed by atoms with Gasteiger partial charge in [-0.1, -0.05) is 66.7 Å². The zero-order valence-electron chi connectivity index (χ0n) is 64.7. The highest BCUT2D eigenvalue weighted by Crippen LogP contribution is 2.63. The molecule has 0 aliphatic heterocycles. The van der Waals surface area contributed by atoms with Gasteiger partial charge in [-0.15, -0.1) is 63.1 Å². The predicted octanol–water partition coefficient (Wildman–Crippen LogP) is 28.2. The zero-order chi connectivity index (χ0) is 70.3. The fraction of sp³-hybridized carbons (Fsp3) is 0.667. The van der Waals surface area contributed by atoms with Crippen molar-refractivity contribution in [2.75, 3.05) is 33.0 Å². The van der Waals surface area contributed by atoms with Crippen LogP contribution in [0.3, 0.4) is 0 Å². The van der Waals surface area contributed by atoms with Crippen LogP contribution in [0.15, 0.2) is 146 Å². The lowest BCUT2D eigenvalue weighted by Crippen LogP contribution is -2.44. The lowest BCUT2D eigenvalue weighted by Gasteiger charge is -2.53. The highest BCUT2D eigenvalue weighted by molar-refractivity contribution is 7.81. The first-order valence-corrected chi connectivity index (χ1v) is 42.6. The predicted molar refractivity (Wildman–Crippen MR) is 446 cm³/mol. The van der Waals surface area contributed by atoms with Crippen LogP contribution >= 0.6 is 63.1 Å². The van der Waals surface area contributed by atoms with E-state index in [9.17, 15) is 0 Å². The highest BCUT2D eigenvalue weighted by Gasteiger charge is 2.53. The van der Waals surface area contributed by atoms with Crippen LogP contribution < -0.4 is 23.7 Å². The van der Waals surface area contributed by atoms with Crippen molar-refractivity contribution in [3.8, 4) is 28.7 Å². The van der Waals surface area contributed by atoms with Crippen molar-refractivity contribution in [2.24, 2.45) is 54.1 Å². The van der Waals surface area contributed by atoms with E-state index in [4.69, 9.17) is 23.7 Å². The second kappa shape index (κ2) is 40.6. The van der Waals surface area contributed by atoms with Crippen LogP contribution in [0.5, 0.6) is 28.7 Å². The molecule has 590 valence electrons. The number of fused-ring (bicyclic) bond motifs is 15. The van der Waals surface area contributed by atoms with Crippen molar-refractivity contribution < 1.29 is 47.2 Å². The van der Waals surface area contributed by atoms with Gasteiger partial charge in [-0.05, 0) is 373 Å². The molecule has 5 aromatic carbocycles. The zero-order valence-corrected chi connectivity index (χ0v) is 69.2. The molecule has 0 radical (unpaired) electrons. The summed E-state index contributed by atoms with van der Waals surface area (Å²) < 4.78 is 30.4. The van der Waals surface area contributed by atoms with Crippen LogP contribution in [0, 0.1) is 54.1 Å². The minimum absolute atomic E-state index is 0. The fourth-order valence-electron chi connectivity index (χ4n) is 21.2. The van der Waals surface area contributed by atoms with E-state index in [1.807, 2.05) is 121 Å². The molecule has 5 nitrogen and oxygen atoms in total. The Labute approximate surface area is 659 Å². The molecule has 0 N–H and O–H groups in total. The molecule has 15 saturated carbocycles. The summed E-state index contributed by atoms with van der Waals surface area (Å²) in [5, 5.41) is 0. The SMILES string of the molecule is CCCC12CCC(COc3ccc(S)cc3)(CC1)CC2.CCCC12CCC(COc3ccc(S)cc3)(CC1)CC2.CCCC12CCC(COc3ccc(S)cc3)(CC1)CC2.CCCC12CCC(COc3ccc(S)cc3)(CC1)CC2.CCCC12CCC(COc3ccc(S)cc3)(CC1)CC2.F.F.F.F.F. The van der Waals surface area contributed by atoms with E-state index in [0.717, 1.165) is 86.3 Å². The number of hydrogen-bond donors (Lipinski definition) is 5. The Morgan fingerprint density at radius 1 is 0.190 bits per heavy atom. The van der Waals surface area contributed by atoms with E-state index >= 15 is 0 Å². The van der Waals surface area contributed by atoms with Crippen molar-refractivity contribution >= 4 is 63.1 Å². The van der Waals surface area contributed by atoms with Gasteiger partial charge in [0.15, 0.2) is 0 Å². The maximum Gasteiger partial charge on any atom is 0.119 e. The summed E-state index contributed by atoms with van der Waals surface area (Å²) in [6.45, 7) is 16.2. The first-order valence-electron chi connectivity index (χ1n) is 40.4. The summed E-state index contributed by atoms with van der Waals surface area (Å²) in [5.74, 6) is 4.97. The Balaban J connectivity index is 0.000000203. The topological polar surface area (TPSA) is 46.2 Å². The Hall–Kier alpha value is -3.50. The van der Waals surface area contributed by atoms with E-state index in [1.165, 1.54) is 257 Å². The summed E-state index contributed by atoms with van der Waals surface area (Å²) in [4.78, 5) is 4.98. The van der Waals surface area contributed by atoms with Crippen molar-refractivity contribution in [1.82, 2.24) is 0 Å². The van der Waals surface area contributed by atoms with Crippen LogP contribution in [0.4, 0.5) is 23.5 Å². The number of rotatable bonds is 25. The van der Waals surface area contributed by atoms with Crippen LogP contribution in [0.2, 0.25) is 0 Å². The molecule has 0 saturated heterocycles. The molecule has 0 aromatic heterocycles. The molecule has 0 spiro atoms. The number of hydrogen-bond acceptors (Lipinski definition) is 10. The maximum absolute atomic E-state index is 6.08. The molecular formula is C90H135F5O5S5. The molecule has 105 heavy (non-hydrogen) atoms. The Morgan fingerprint density at radius 2 is 0.295 bits per heavy atom. The maximum atomic E-state index is 6.08. The minimum Gasteiger partial charge on any atom is -0.493 e. The van der Waals surface area contributed by atoms with Gasteiger partial charge >= 0.3 is 0 Å². The second-order valence-corrected chi connectivity index (χ2v) is 37.7. The van der Waals surface area contributed by atoms with Crippen molar-refractivity contribution in [3.05, 3.63) is 121 Å². The average Bonchev–Trinajstić information content (AvgIpc) is 0.795. The van der Waals surface area contributed by atoms with Gasteiger partial charge in [0, 0.05) is 51.6 Å². The molecule has 20 rings (SSSR count). The molecule has 0 atom stereocenters. The number of ether oxygens (including phenoxy) is 5. The third-order valence-electron chi connectivity index (χ3n) is 28.6. The van der Waals surface area contributed by atoms with Gasteiger partial charge in [0.2, 0.25) is 0 Å². The van der Waals surface area contributed by atoms with Gasteiger partial charge < -0.3 is 23.7 Å². The van der Waals surface area contributed by atoms with Crippen LogP contribution in [-0.2, 0) is 0 Å². The molecule has 5 aromatic rings. The standard InChI is InChI=1S/5C18H26OS.5FH/c5*1-2-7-17-8-11-18(12-9-17,13-10-17)14-19-15-3-5-16(20)6-4-15;;;;;/h5*3-6,20H,2,7-14H2,1H3;5*1H. The second-order valence-electron chi connectivity index (χ2n) is 35.2. The van der Waals surface area contributed by atoms with Crippen molar-refractivity contribution in [2.45, 2.75) is 316 Å². The molecule has 0 heterocycles. The molecule has 15 fully saturated rings. The van der Waals surface area contributed by atoms with Gasteiger partial charge in [-0.3, -0.25) is 23.5 Å². The normalized spacial score (nSPS) is 30.8. The van der Waals surface area contributed by atoms with Gasteiger partial charge in [0.25, 0.3) is 0 Å². The first-order chi connectivity index (χ1) is 48.3. The largest absolute Gasteiger partial charge is 0.493 e. The summed E-state index contributed by atoms with van der Waals surface area (Å²) in [5.41, 5.74) is 5.83. The lowest BCUT2D eigenvalue weighted by atomic mass is 9.53. The Bertz CT molecular complexity index is 2670. The summed E-state index contributed by atoms with van der Waals surface area (Å²) in [6, 6.07) is 40.4. The molecule has 15 heteroatoms. The quantitative estimate of drug-likeness (QED) is 0.0298. The molecule has 15 aliphatic rings. The Kier molecular flexibility index (Phi) is 35.0. The van der Waals surface area contributed by atoms with E-state index in [1.54, 1.807) is 0 Å². The Morgan fingerprint density at radius 3 is 0.400 bits per heavy atom. The van der Waals surface area contributed by atoms with E-state index in [-0.39, 0.29) is 23.5 Å². The smallest absolute Gasteiger partial charge is 0.119 e.